The van der Waals surface area contributed by atoms with Gasteiger partial charge in [-0.25, -0.2) is 5.01 Å². The number of rotatable bonds is 5. The first-order valence-corrected chi connectivity index (χ1v) is 5.81. The van der Waals surface area contributed by atoms with E-state index in [1.807, 2.05) is 25.1 Å². The van der Waals surface area contributed by atoms with Gasteiger partial charge >= 0.3 is 0 Å². The summed E-state index contributed by atoms with van der Waals surface area (Å²) in [5.41, 5.74) is 10.7. The minimum absolute atomic E-state index is 0.115. The Labute approximate surface area is 108 Å². The van der Waals surface area contributed by atoms with E-state index < -0.39 is 0 Å². The van der Waals surface area contributed by atoms with E-state index in [1.54, 1.807) is 26.2 Å². The number of carbonyl (C=O) groups is 1. The van der Waals surface area contributed by atoms with E-state index in [4.69, 9.17) is 10.5 Å². The number of amides is 1. The topological polar surface area (TPSA) is 67.6 Å². The fraction of sp³-hybridized carbons (Fsp3) is 0.462. The van der Waals surface area contributed by atoms with Gasteiger partial charge in [-0.3, -0.25) is 10.2 Å². The Balaban J connectivity index is 2.80. The van der Waals surface area contributed by atoms with Crippen LogP contribution in [0.1, 0.15) is 23.6 Å². The Morgan fingerprint density at radius 3 is 2.72 bits per heavy atom. The second kappa shape index (κ2) is 6.37. The zero-order valence-corrected chi connectivity index (χ0v) is 11.4. The predicted molar refractivity (Wildman–Crippen MR) is 71.1 cm³/mol. The van der Waals surface area contributed by atoms with Gasteiger partial charge in [-0.15, -0.1) is 0 Å². The van der Waals surface area contributed by atoms with Crippen molar-refractivity contribution >= 4 is 5.91 Å². The molecular weight excluding hydrogens is 230 g/mol. The van der Waals surface area contributed by atoms with Crippen molar-refractivity contribution in [3.63, 3.8) is 0 Å². The van der Waals surface area contributed by atoms with Crippen LogP contribution in [0.2, 0.25) is 0 Å². The summed E-state index contributed by atoms with van der Waals surface area (Å²) >= 11 is 0. The number of methoxy groups -OCH3 is 1. The second-order valence-corrected chi connectivity index (χ2v) is 4.49. The average molecular weight is 251 g/mol. The fourth-order valence-electron chi connectivity index (χ4n) is 1.75. The number of carbonyl (C=O) groups excluding carboxylic acids is 1. The Morgan fingerprint density at radius 1 is 1.50 bits per heavy atom. The maximum atomic E-state index is 11.6. The van der Waals surface area contributed by atoms with Gasteiger partial charge in [0.2, 0.25) is 5.91 Å². The number of hydrogen-bond acceptors (Lipinski definition) is 4. The molecule has 5 nitrogen and oxygen atoms in total. The van der Waals surface area contributed by atoms with Gasteiger partial charge in [0, 0.05) is 32.1 Å². The first-order valence-electron chi connectivity index (χ1n) is 5.81. The van der Waals surface area contributed by atoms with Crippen LogP contribution in [0.3, 0.4) is 0 Å². The smallest absolute Gasteiger partial charge is 0.236 e. The molecular formula is C13H21N3O2. The van der Waals surface area contributed by atoms with Crippen LogP contribution in [-0.2, 0) is 4.79 Å². The van der Waals surface area contributed by atoms with E-state index >= 15 is 0 Å². The van der Waals surface area contributed by atoms with Crippen LogP contribution in [-0.4, -0.2) is 32.1 Å². The lowest BCUT2D eigenvalue weighted by Gasteiger charge is -2.18. The largest absolute Gasteiger partial charge is 0.496 e. The minimum Gasteiger partial charge on any atom is -0.496 e. The van der Waals surface area contributed by atoms with E-state index in [0.29, 0.717) is 5.75 Å². The van der Waals surface area contributed by atoms with Crippen LogP contribution in [0, 0.1) is 6.92 Å². The number of hydrazine groups is 1. The SMILES string of the molecule is COc1ccc(C)cc1C(N)CC(=O)NN(C)C. The number of benzene rings is 1. The second-order valence-electron chi connectivity index (χ2n) is 4.49. The zero-order chi connectivity index (χ0) is 13.7. The monoisotopic (exact) mass is 251 g/mol. The van der Waals surface area contributed by atoms with Gasteiger partial charge in [0.15, 0.2) is 0 Å². The summed E-state index contributed by atoms with van der Waals surface area (Å²) < 4.78 is 5.26. The van der Waals surface area contributed by atoms with E-state index in [1.165, 1.54) is 0 Å². The molecule has 1 rings (SSSR count). The van der Waals surface area contributed by atoms with Crippen molar-refractivity contribution < 1.29 is 9.53 Å². The van der Waals surface area contributed by atoms with Crippen LogP contribution in [0.4, 0.5) is 0 Å². The Bertz CT molecular complexity index is 419. The minimum atomic E-state index is -0.375. The summed E-state index contributed by atoms with van der Waals surface area (Å²) in [5.74, 6) is 0.599. The van der Waals surface area contributed by atoms with Crippen LogP contribution < -0.4 is 15.9 Å². The van der Waals surface area contributed by atoms with Gasteiger partial charge in [-0.1, -0.05) is 17.7 Å². The van der Waals surface area contributed by atoms with Crippen molar-refractivity contribution in [3.8, 4) is 5.75 Å². The number of nitrogens with one attached hydrogen (secondary N) is 1. The van der Waals surface area contributed by atoms with E-state index in [-0.39, 0.29) is 18.4 Å². The summed E-state index contributed by atoms with van der Waals surface area (Å²) in [4.78, 5) is 11.6. The highest BCUT2D eigenvalue weighted by atomic mass is 16.5. The molecule has 100 valence electrons. The van der Waals surface area contributed by atoms with Crippen molar-refractivity contribution in [2.45, 2.75) is 19.4 Å². The van der Waals surface area contributed by atoms with Crippen LogP contribution in [0.15, 0.2) is 18.2 Å². The van der Waals surface area contributed by atoms with E-state index in [9.17, 15) is 4.79 Å². The molecule has 0 fully saturated rings. The average Bonchev–Trinajstić information content (AvgIpc) is 2.27. The highest BCUT2D eigenvalue weighted by Gasteiger charge is 2.16. The van der Waals surface area contributed by atoms with Gasteiger partial charge in [0.25, 0.3) is 0 Å². The number of aryl methyl sites for hydroxylation is 1. The van der Waals surface area contributed by atoms with Crippen molar-refractivity contribution in [3.05, 3.63) is 29.3 Å². The number of nitrogens with zero attached hydrogens (tertiary/aromatic N) is 1. The molecule has 0 spiro atoms. The fourth-order valence-corrected chi connectivity index (χ4v) is 1.75. The first-order chi connectivity index (χ1) is 8.43. The molecule has 0 heterocycles. The zero-order valence-electron chi connectivity index (χ0n) is 11.4. The van der Waals surface area contributed by atoms with Gasteiger partial charge < -0.3 is 10.5 Å². The molecule has 0 saturated carbocycles. The Morgan fingerprint density at radius 2 is 2.17 bits per heavy atom. The number of hydrogen-bond donors (Lipinski definition) is 2. The van der Waals surface area contributed by atoms with E-state index in [0.717, 1.165) is 11.1 Å². The predicted octanol–water partition coefficient (Wildman–Crippen LogP) is 0.986. The van der Waals surface area contributed by atoms with Gasteiger partial charge in [0.05, 0.1) is 7.11 Å². The third-order valence-electron chi connectivity index (χ3n) is 2.54. The lowest BCUT2D eigenvalue weighted by molar-refractivity contribution is -0.125. The van der Waals surface area contributed by atoms with Crippen molar-refractivity contribution in [1.29, 1.82) is 0 Å². The number of ether oxygens (including phenoxy) is 1. The van der Waals surface area contributed by atoms with E-state index in [2.05, 4.69) is 5.43 Å². The van der Waals surface area contributed by atoms with Crippen molar-refractivity contribution in [1.82, 2.24) is 10.4 Å². The van der Waals surface area contributed by atoms with Gasteiger partial charge in [-0.05, 0) is 13.0 Å². The molecule has 1 aromatic carbocycles. The molecule has 3 N–H and O–H groups in total. The normalized spacial score (nSPS) is 12.3. The molecule has 0 aliphatic carbocycles. The maximum absolute atomic E-state index is 11.6. The van der Waals surface area contributed by atoms with Crippen LogP contribution in [0.25, 0.3) is 0 Å². The van der Waals surface area contributed by atoms with Crippen molar-refractivity contribution in [2.24, 2.45) is 5.73 Å². The standard InChI is InChI=1S/C13H21N3O2/c1-9-5-6-12(18-4)10(7-9)11(14)8-13(17)15-16(2)3/h5-7,11H,8,14H2,1-4H3,(H,15,17). The third-order valence-corrected chi connectivity index (χ3v) is 2.54. The molecule has 0 saturated heterocycles. The maximum Gasteiger partial charge on any atom is 0.236 e. The Kier molecular flexibility index (Phi) is 5.12. The molecule has 5 heteroatoms. The molecule has 1 amide bonds. The number of nitrogens with two attached hydrogens (primary N) is 1. The molecule has 0 aromatic heterocycles. The molecule has 0 aliphatic rings. The highest BCUT2D eigenvalue weighted by Crippen LogP contribution is 2.26. The summed E-state index contributed by atoms with van der Waals surface area (Å²) in [7, 11) is 5.12. The molecule has 18 heavy (non-hydrogen) atoms. The molecule has 1 unspecified atom stereocenters. The summed E-state index contributed by atoms with van der Waals surface area (Å²) in [5, 5.41) is 1.60. The lowest BCUT2D eigenvalue weighted by atomic mass is 10.0. The summed E-state index contributed by atoms with van der Waals surface area (Å²) in [6.07, 6.45) is 0.220. The van der Waals surface area contributed by atoms with Crippen LogP contribution in [0.5, 0.6) is 5.75 Å². The molecule has 1 aromatic rings. The van der Waals surface area contributed by atoms with Crippen molar-refractivity contribution in [2.75, 3.05) is 21.2 Å². The van der Waals surface area contributed by atoms with Crippen LogP contribution >= 0.6 is 0 Å². The summed E-state index contributed by atoms with van der Waals surface area (Å²) in [6, 6.07) is 5.40. The van der Waals surface area contributed by atoms with Gasteiger partial charge in [-0.2, -0.15) is 0 Å². The molecule has 0 aliphatic heterocycles. The first kappa shape index (κ1) is 14.5. The van der Waals surface area contributed by atoms with Gasteiger partial charge in [0.1, 0.15) is 5.75 Å². The summed E-state index contributed by atoms with van der Waals surface area (Å²) in [6.45, 7) is 1.98. The molecule has 0 radical (unpaired) electrons. The lowest BCUT2D eigenvalue weighted by Crippen LogP contribution is -2.37. The Hall–Kier alpha value is -1.59. The third kappa shape index (κ3) is 4.01. The molecule has 1 atom stereocenters. The highest BCUT2D eigenvalue weighted by molar-refractivity contribution is 5.76. The quantitative estimate of drug-likeness (QED) is 0.766. The molecule has 0 bridgehead atoms.